The summed E-state index contributed by atoms with van der Waals surface area (Å²) in [5.41, 5.74) is 4.89. The first-order valence-corrected chi connectivity index (χ1v) is 12.3. The number of hydrazone groups is 1. The molecule has 0 radical (unpaired) electrons. The van der Waals surface area contributed by atoms with Gasteiger partial charge in [0.1, 0.15) is 0 Å². The van der Waals surface area contributed by atoms with Crippen LogP contribution in [0.3, 0.4) is 0 Å². The van der Waals surface area contributed by atoms with Gasteiger partial charge in [-0.3, -0.25) is 14.9 Å². The average molecular weight is 515 g/mol. The molecule has 0 aliphatic heterocycles. The molecule has 9 nitrogen and oxygen atoms in total. The number of hydrogen-bond donors (Lipinski definition) is 1. The van der Waals surface area contributed by atoms with Gasteiger partial charge in [-0.05, 0) is 37.6 Å². The fourth-order valence-electron chi connectivity index (χ4n) is 3.21. The molecule has 11 heteroatoms. The van der Waals surface area contributed by atoms with E-state index in [0.29, 0.717) is 0 Å². The lowest BCUT2D eigenvalue weighted by Gasteiger charge is -2.22. The fraction of sp³-hybridized carbons (Fsp3) is 0.167. The third-order valence-corrected chi connectivity index (χ3v) is 7.15. The smallest absolute Gasteiger partial charge is 0.270 e. The van der Waals surface area contributed by atoms with Crippen LogP contribution >= 0.6 is 11.6 Å². The molecule has 1 N–H and O–H groups in total. The molecule has 0 bridgehead atoms. The van der Waals surface area contributed by atoms with Crippen LogP contribution in [0.5, 0.6) is 0 Å². The minimum atomic E-state index is -4.00. The normalized spacial score (nSPS) is 11.7. The van der Waals surface area contributed by atoms with Crippen molar-refractivity contribution in [3.63, 3.8) is 0 Å². The zero-order valence-corrected chi connectivity index (χ0v) is 20.6. The van der Waals surface area contributed by atoms with Crippen LogP contribution < -0.4 is 5.43 Å². The summed E-state index contributed by atoms with van der Waals surface area (Å²) in [6.45, 7) is 3.22. The molecule has 0 spiro atoms. The van der Waals surface area contributed by atoms with E-state index in [1.807, 2.05) is 32.0 Å². The number of amides is 1. The Bertz CT molecular complexity index is 1370. The Labute approximate surface area is 208 Å². The van der Waals surface area contributed by atoms with Crippen LogP contribution in [0.15, 0.2) is 76.7 Å². The van der Waals surface area contributed by atoms with E-state index < -0.39 is 27.4 Å². The maximum absolute atomic E-state index is 13.3. The second-order valence-electron chi connectivity index (χ2n) is 7.83. The van der Waals surface area contributed by atoms with Gasteiger partial charge in [0.05, 0.1) is 22.6 Å². The van der Waals surface area contributed by atoms with E-state index in [2.05, 4.69) is 10.5 Å². The zero-order chi connectivity index (χ0) is 25.6. The van der Waals surface area contributed by atoms with Crippen molar-refractivity contribution in [2.24, 2.45) is 5.10 Å². The van der Waals surface area contributed by atoms with Crippen molar-refractivity contribution in [3.8, 4) is 0 Å². The van der Waals surface area contributed by atoms with Gasteiger partial charge in [-0.25, -0.2) is 13.8 Å². The molecular formula is C24H23ClN4O5S. The maximum Gasteiger partial charge on any atom is 0.270 e. The van der Waals surface area contributed by atoms with Gasteiger partial charge in [-0.15, -0.1) is 0 Å². The molecular weight excluding hydrogens is 492 g/mol. The van der Waals surface area contributed by atoms with Crippen molar-refractivity contribution >= 4 is 39.4 Å². The van der Waals surface area contributed by atoms with Crippen molar-refractivity contribution in [2.75, 3.05) is 6.54 Å². The predicted octanol–water partition coefficient (Wildman–Crippen LogP) is 4.21. The Morgan fingerprint density at radius 1 is 1.09 bits per heavy atom. The number of aryl methyl sites for hydroxylation is 2. The first kappa shape index (κ1) is 26.0. The molecule has 0 aromatic heterocycles. The third-order valence-electron chi connectivity index (χ3n) is 5.00. The number of sulfonamides is 1. The second kappa shape index (κ2) is 11.2. The van der Waals surface area contributed by atoms with Gasteiger partial charge in [0, 0.05) is 29.3 Å². The van der Waals surface area contributed by atoms with E-state index in [0.717, 1.165) is 27.2 Å². The SMILES string of the molecule is Cc1ccc(S(=O)(=O)N(CC(=O)N/N=C\c2cc([N+](=O)[O-])ccc2Cl)Cc2cccc(C)c2)cc1. The number of nitro groups is 1. The van der Waals surface area contributed by atoms with Gasteiger partial charge >= 0.3 is 0 Å². The predicted molar refractivity (Wildman–Crippen MR) is 134 cm³/mol. The summed E-state index contributed by atoms with van der Waals surface area (Å²) in [7, 11) is -4.00. The summed E-state index contributed by atoms with van der Waals surface area (Å²) in [6, 6.07) is 17.5. The summed E-state index contributed by atoms with van der Waals surface area (Å²) in [4.78, 5) is 23.1. The van der Waals surface area contributed by atoms with Gasteiger partial charge in [-0.1, -0.05) is 59.1 Å². The molecule has 3 aromatic rings. The Morgan fingerprint density at radius 2 is 1.80 bits per heavy atom. The Hall–Kier alpha value is -3.60. The highest BCUT2D eigenvalue weighted by atomic mass is 35.5. The molecule has 0 heterocycles. The standard InChI is InChI=1S/C24H23ClN4O5S/c1-17-6-9-22(10-7-17)35(33,34)28(15-19-5-3-4-18(2)12-19)16-24(30)27-26-14-20-13-21(29(31)32)8-11-23(20)25/h3-14H,15-16H2,1-2H3,(H,27,30)/b26-14-. The molecule has 3 rings (SSSR count). The summed E-state index contributed by atoms with van der Waals surface area (Å²) < 4.78 is 27.7. The van der Waals surface area contributed by atoms with E-state index in [1.165, 1.54) is 30.3 Å². The maximum atomic E-state index is 13.3. The molecule has 0 fully saturated rings. The Balaban J connectivity index is 1.81. The van der Waals surface area contributed by atoms with E-state index in [-0.39, 0.29) is 27.7 Å². The van der Waals surface area contributed by atoms with Crippen LogP contribution in [0.4, 0.5) is 5.69 Å². The zero-order valence-electron chi connectivity index (χ0n) is 19.0. The lowest BCUT2D eigenvalue weighted by atomic mass is 10.1. The second-order valence-corrected chi connectivity index (χ2v) is 10.2. The van der Waals surface area contributed by atoms with Crippen LogP contribution in [0, 0.1) is 24.0 Å². The number of nitrogens with zero attached hydrogens (tertiary/aromatic N) is 3. The summed E-state index contributed by atoms with van der Waals surface area (Å²) in [6.07, 6.45) is 1.16. The molecule has 0 unspecified atom stereocenters. The van der Waals surface area contributed by atoms with Crippen LogP contribution in [0.2, 0.25) is 5.02 Å². The van der Waals surface area contributed by atoms with Crippen molar-refractivity contribution < 1.29 is 18.1 Å². The molecule has 1 amide bonds. The molecule has 35 heavy (non-hydrogen) atoms. The minimum Gasteiger partial charge on any atom is -0.272 e. The van der Waals surface area contributed by atoms with Gasteiger partial charge in [0.15, 0.2) is 0 Å². The molecule has 0 aliphatic carbocycles. The van der Waals surface area contributed by atoms with E-state index >= 15 is 0 Å². The van der Waals surface area contributed by atoms with E-state index in [9.17, 15) is 23.3 Å². The quantitative estimate of drug-likeness (QED) is 0.260. The number of nitro benzene ring substituents is 1. The minimum absolute atomic E-state index is 0.0221. The molecule has 0 saturated carbocycles. The molecule has 0 atom stereocenters. The Morgan fingerprint density at radius 3 is 2.46 bits per heavy atom. The lowest BCUT2D eigenvalue weighted by Crippen LogP contribution is -2.39. The first-order valence-electron chi connectivity index (χ1n) is 10.4. The van der Waals surface area contributed by atoms with E-state index in [4.69, 9.17) is 11.6 Å². The summed E-state index contributed by atoms with van der Waals surface area (Å²) in [5.74, 6) is -0.689. The number of rotatable bonds is 9. The third kappa shape index (κ3) is 6.95. The highest BCUT2D eigenvalue weighted by Gasteiger charge is 2.27. The number of nitrogens with one attached hydrogen (secondary N) is 1. The molecule has 0 saturated heterocycles. The van der Waals surface area contributed by atoms with Gasteiger partial charge in [0.25, 0.3) is 11.6 Å². The Kier molecular flexibility index (Phi) is 8.34. The summed E-state index contributed by atoms with van der Waals surface area (Å²) >= 11 is 6.03. The monoisotopic (exact) mass is 514 g/mol. The van der Waals surface area contributed by atoms with Crippen molar-refractivity contribution in [3.05, 3.63) is 104 Å². The van der Waals surface area contributed by atoms with Gasteiger partial charge in [-0.2, -0.15) is 9.41 Å². The van der Waals surface area contributed by atoms with Crippen molar-refractivity contribution in [2.45, 2.75) is 25.3 Å². The van der Waals surface area contributed by atoms with Crippen molar-refractivity contribution in [1.82, 2.24) is 9.73 Å². The lowest BCUT2D eigenvalue weighted by molar-refractivity contribution is -0.384. The molecule has 182 valence electrons. The topological polar surface area (TPSA) is 122 Å². The van der Waals surface area contributed by atoms with Crippen LogP contribution in [0.25, 0.3) is 0 Å². The number of carbonyl (C=O) groups is 1. The summed E-state index contributed by atoms with van der Waals surface area (Å²) in [5, 5.41) is 14.9. The van der Waals surface area contributed by atoms with Gasteiger partial charge in [0.2, 0.25) is 10.0 Å². The number of halogens is 1. The number of benzene rings is 3. The largest absolute Gasteiger partial charge is 0.272 e. The molecule has 0 aliphatic rings. The average Bonchev–Trinajstić information content (AvgIpc) is 2.80. The number of carbonyl (C=O) groups excluding carboxylic acids is 1. The van der Waals surface area contributed by atoms with Crippen LogP contribution in [-0.4, -0.2) is 36.3 Å². The highest BCUT2D eigenvalue weighted by Crippen LogP contribution is 2.21. The fourth-order valence-corrected chi connectivity index (χ4v) is 4.76. The van der Waals surface area contributed by atoms with Crippen LogP contribution in [0.1, 0.15) is 22.3 Å². The van der Waals surface area contributed by atoms with E-state index in [1.54, 1.807) is 18.2 Å². The van der Waals surface area contributed by atoms with Crippen LogP contribution in [-0.2, 0) is 21.4 Å². The highest BCUT2D eigenvalue weighted by molar-refractivity contribution is 7.89. The molecule has 3 aromatic carbocycles. The number of hydrogen-bond acceptors (Lipinski definition) is 6. The van der Waals surface area contributed by atoms with Gasteiger partial charge < -0.3 is 0 Å². The van der Waals surface area contributed by atoms with Crippen molar-refractivity contribution in [1.29, 1.82) is 0 Å². The number of non-ortho nitro benzene ring substituents is 1. The first-order chi connectivity index (χ1) is 16.6.